The molecule has 5 aliphatic rings. The number of hydrogen-bond acceptors (Lipinski definition) is 4. The first-order valence-corrected chi connectivity index (χ1v) is 14.9. The maximum Gasteiger partial charge on any atom is 0.417 e. The molecule has 2 N–H and O–H groups in total. The number of hydrogen-bond donors (Lipinski definition) is 2. The van der Waals surface area contributed by atoms with E-state index >= 15 is 0 Å². The Morgan fingerprint density at radius 3 is 2.18 bits per heavy atom. The van der Waals surface area contributed by atoms with Gasteiger partial charge in [0, 0.05) is 5.41 Å². The summed E-state index contributed by atoms with van der Waals surface area (Å²) >= 11 is 0. The molecule has 0 spiro atoms. The fourth-order valence-electron chi connectivity index (χ4n) is 11.2. The lowest BCUT2D eigenvalue weighted by atomic mass is 9.33. The predicted molar refractivity (Wildman–Crippen MR) is 144 cm³/mol. The molecule has 0 aliphatic heterocycles. The Bertz CT molecular complexity index is 1080. The molecule has 3 unspecified atom stereocenters. The molecule has 212 valence electrons. The molecule has 0 aromatic heterocycles. The summed E-state index contributed by atoms with van der Waals surface area (Å²) in [4.78, 5) is 36.1. The van der Waals surface area contributed by atoms with E-state index < -0.39 is 29.4 Å². The number of fused-ring (bicyclic) bond motifs is 7. The van der Waals surface area contributed by atoms with Crippen molar-refractivity contribution in [2.75, 3.05) is 0 Å². The molecule has 0 aromatic carbocycles. The first-order valence-electron chi connectivity index (χ1n) is 14.9. The van der Waals surface area contributed by atoms with E-state index in [1.165, 1.54) is 5.57 Å². The van der Waals surface area contributed by atoms with Crippen LogP contribution in [0.5, 0.6) is 0 Å². The van der Waals surface area contributed by atoms with Crippen molar-refractivity contribution in [2.24, 2.45) is 56.7 Å². The SMILES string of the molecule is C[C@@H]1CC[C@]2(C(=O)O)CC[C@]3(C)C(=CCC4[C@@]5(C)CC[C@H](OC(=O)C(=O)O)C(C)(C)C5CC[C@]43C)C2[C@H]1C. The Kier molecular flexibility index (Phi) is 6.25. The lowest BCUT2D eigenvalue weighted by Crippen LogP contribution is -2.65. The van der Waals surface area contributed by atoms with E-state index in [1.807, 2.05) is 0 Å². The standard InChI is InChI=1S/C32H48O6/c1-18-10-15-32(27(36)37)17-16-30(6)20(24(32)19(18)2)8-9-22-29(5)13-12-23(38-26(35)25(33)34)28(3,4)21(29)11-14-31(22,30)7/h8,18-19,21-24H,9-17H2,1-7H3,(H,33,34)(H,36,37)/t18-,19+,21?,22?,23+,24?,29+,30-,31-,32+/m1/s1. The minimum atomic E-state index is -1.52. The van der Waals surface area contributed by atoms with Gasteiger partial charge in [-0.15, -0.1) is 0 Å². The average molecular weight is 529 g/mol. The molecule has 4 fully saturated rings. The van der Waals surface area contributed by atoms with Gasteiger partial charge in [0.1, 0.15) is 6.10 Å². The fraction of sp³-hybridized carbons (Fsp3) is 0.844. The number of carboxylic acid groups (broad SMARTS) is 2. The van der Waals surface area contributed by atoms with E-state index in [9.17, 15) is 19.5 Å². The van der Waals surface area contributed by atoms with Gasteiger partial charge >= 0.3 is 17.9 Å². The van der Waals surface area contributed by atoms with Crippen LogP contribution in [0.25, 0.3) is 0 Å². The zero-order valence-electron chi connectivity index (χ0n) is 24.4. The number of carboxylic acids is 2. The van der Waals surface area contributed by atoms with Gasteiger partial charge in [-0.25, -0.2) is 9.59 Å². The summed E-state index contributed by atoms with van der Waals surface area (Å²) < 4.78 is 5.54. The first-order chi connectivity index (χ1) is 17.6. The van der Waals surface area contributed by atoms with E-state index in [-0.39, 0.29) is 27.6 Å². The van der Waals surface area contributed by atoms with Crippen LogP contribution in [-0.4, -0.2) is 34.2 Å². The van der Waals surface area contributed by atoms with Crippen LogP contribution >= 0.6 is 0 Å². The molecule has 0 bridgehead atoms. The molecule has 5 rings (SSSR count). The Balaban J connectivity index is 1.53. The molecule has 0 radical (unpaired) electrons. The maximum atomic E-state index is 12.9. The van der Waals surface area contributed by atoms with Crippen LogP contribution in [0.3, 0.4) is 0 Å². The number of rotatable bonds is 2. The molecule has 4 saturated carbocycles. The highest BCUT2D eigenvalue weighted by Crippen LogP contribution is 2.75. The Morgan fingerprint density at radius 1 is 0.868 bits per heavy atom. The minimum Gasteiger partial charge on any atom is -0.481 e. The molecular formula is C32H48O6. The van der Waals surface area contributed by atoms with Gasteiger partial charge in [0.05, 0.1) is 5.41 Å². The number of aliphatic carboxylic acids is 2. The highest BCUT2D eigenvalue weighted by atomic mass is 16.6. The maximum absolute atomic E-state index is 12.9. The van der Waals surface area contributed by atoms with Gasteiger partial charge in [-0.05, 0) is 104 Å². The zero-order valence-corrected chi connectivity index (χ0v) is 24.4. The Labute approximate surface area is 228 Å². The summed E-state index contributed by atoms with van der Waals surface area (Å²) in [5.41, 5.74) is 0.567. The summed E-state index contributed by atoms with van der Waals surface area (Å²) in [6.45, 7) is 16.3. The molecule has 10 atom stereocenters. The first kappa shape index (κ1) is 27.7. The number of ether oxygens (including phenoxy) is 1. The molecule has 38 heavy (non-hydrogen) atoms. The summed E-state index contributed by atoms with van der Waals surface area (Å²) in [7, 11) is 0. The van der Waals surface area contributed by atoms with E-state index in [0.29, 0.717) is 30.1 Å². The second kappa shape index (κ2) is 8.57. The third-order valence-corrected chi connectivity index (χ3v) is 13.8. The van der Waals surface area contributed by atoms with Crippen LogP contribution in [0.1, 0.15) is 106 Å². The van der Waals surface area contributed by atoms with Crippen LogP contribution in [0.4, 0.5) is 0 Å². The van der Waals surface area contributed by atoms with Gasteiger partial charge < -0.3 is 14.9 Å². The average Bonchev–Trinajstić information content (AvgIpc) is 2.83. The highest BCUT2D eigenvalue weighted by molar-refractivity contribution is 6.28. The second-order valence-electron chi connectivity index (χ2n) is 15.2. The molecule has 0 heterocycles. The normalized spacial score (nSPS) is 49.3. The van der Waals surface area contributed by atoms with Crippen molar-refractivity contribution in [3.63, 3.8) is 0 Å². The van der Waals surface area contributed by atoms with Gasteiger partial charge in [-0.1, -0.05) is 60.1 Å². The third-order valence-electron chi connectivity index (χ3n) is 13.8. The number of esters is 1. The van der Waals surface area contributed by atoms with E-state index in [1.54, 1.807) is 0 Å². The fourth-order valence-corrected chi connectivity index (χ4v) is 11.2. The molecule has 0 amide bonds. The van der Waals surface area contributed by atoms with Gasteiger partial charge in [0.2, 0.25) is 0 Å². The predicted octanol–water partition coefficient (Wildman–Crippen LogP) is 6.73. The van der Waals surface area contributed by atoms with Crippen LogP contribution in [0.15, 0.2) is 11.6 Å². The summed E-state index contributed by atoms with van der Waals surface area (Å²) in [5, 5.41) is 19.7. The Hall–Kier alpha value is -1.85. The van der Waals surface area contributed by atoms with Crippen molar-refractivity contribution < 1.29 is 29.3 Å². The molecular weight excluding hydrogens is 480 g/mol. The van der Waals surface area contributed by atoms with Crippen molar-refractivity contribution >= 4 is 17.9 Å². The van der Waals surface area contributed by atoms with Gasteiger partial charge in [0.25, 0.3) is 0 Å². The number of allylic oxidation sites excluding steroid dienone is 2. The van der Waals surface area contributed by atoms with E-state index in [4.69, 9.17) is 9.84 Å². The summed E-state index contributed by atoms with van der Waals surface area (Å²) in [6.07, 6.45) is 10.2. The minimum absolute atomic E-state index is 0.0321. The molecule has 6 heteroatoms. The van der Waals surface area contributed by atoms with Crippen LogP contribution in [0.2, 0.25) is 0 Å². The van der Waals surface area contributed by atoms with Gasteiger partial charge in [0.15, 0.2) is 0 Å². The highest BCUT2D eigenvalue weighted by Gasteiger charge is 2.69. The van der Waals surface area contributed by atoms with E-state index in [2.05, 4.69) is 54.5 Å². The van der Waals surface area contributed by atoms with Crippen LogP contribution in [-0.2, 0) is 19.1 Å². The lowest BCUT2D eigenvalue weighted by Gasteiger charge is -2.71. The molecule has 5 aliphatic carbocycles. The van der Waals surface area contributed by atoms with Crippen LogP contribution < -0.4 is 0 Å². The van der Waals surface area contributed by atoms with Crippen molar-refractivity contribution in [1.82, 2.24) is 0 Å². The Morgan fingerprint density at radius 2 is 1.55 bits per heavy atom. The quantitative estimate of drug-likeness (QED) is 0.234. The second-order valence-corrected chi connectivity index (χ2v) is 15.2. The monoisotopic (exact) mass is 528 g/mol. The largest absolute Gasteiger partial charge is 0.481 e. The van der Waals surface area contributed by atoms with Crippen molar-refractivity contribution in [3.05, 3.63) is 11.6 Å². The smallest absolute Gasteiger partial charge is 0.417 e. The molecule has 6 nitrogen and oxygen atoms in total. The van der Waals surface area contributed by atoms with Crippen molar-refractivity contribution in [1.29, 1.82) is 0 Å². The summed E-state index contributed by atoms with van der Waals surface area (Å²) in [6, 6.07) is 0. The molecule has 0 aromatic rings. The van der Waals surface area contributed by atoms with Crippen molar-refractivity contribution in [3.8, 4) is 0 Å². The van der Waals surface area contributed by atoms with E-state index in [0.717, 1.165) is 51.4 Å². The lowest BCUT2D eigenvalue weighted by molar-refractivity contribution is -0.215. The van der Waals surface area contributed by atoms with Crippen LogP contribution in [0, 0.1) is 56.7 Å². The third kappa shape index (κ3) is 3.39. The topological polar surface area (TPSA) is 101 Å². The van der Waals surface area contributed by atoms with Crippen molar-refractivity contribution in [2.45, 2.75) is 112 Å². The molecule has 0 saturated heterocycles. The number of carbonyl (C=O) groups is 3. The van der Waals surface area contributed by atoms with Gasteiger partial charge in [-0.3, -0.25) is 4.79 Å². The van der Waals surface area contributed by atoms with Gasteiger partial charge in [-0.2, -0.15) is 0 Å². The summed E-state index contributed by atoms with van der Waals surface area (Å²) in [5.74, 6) is -1.50. The number of carbonyl (C=O) groups excluding carboxylic acids is 1. The zero-order chi connectivity index (χ0) is 28.1.